The highest BCUT2D eigenvalue weighted by Gasteiger charge is 2.22. The molecule has 3 aromatic rings. The van der Waals surface area contributed by atoms with Crippen LogP contribution in [-0.4, -0.2) is 15.6 Å². The molecule has 0 fully saturated rings. The molecule has 1 heterocycles. The third-order valence-electron chi connectivity index (χ3n) is 3.28. The van der Waals surface area contributed by atoms with Gasteiger partial charge in [0.25, 0.3) is 0 Å². The summed E-state index contributed by atoms with van der Waals surface area (Å²) in [7, 11) is 0. The summed E-state index contributed by atoms with van der Waals surface area (Å²) in [4.78, 5) is 12.5. The quantitative estimate of drug-likeness (QED) is 0.750. The van der Waals surface area contributed by atoms with Crippen molar-refractivity contribution in [1.82, 2.24) is 9.78 Å². The summed E-state index contributed by atoms with van der Waals surface area (Å²) < 4.78 is 1.39. The highest BCUT2D eigenvalue weighted by molar-refractivity contribution is 6.11. The van der Waals surface area contributed by atoms with E-state index in [0.717, 1.165) is 0 Å². The second kappa shape index (κ2) is 5.54. The SMILES string of the molecule is N#Cc1c(N)c(C(=O)c2ccccc2)nn1-c1ccccc1. The number of carbonyl (C=O) groups is 1. The monoisotopic (exact) mass is 288 g/mol. The van der Waals surface area contributed by atoms with Crippen molar-refractivity contribution in [2.75, 3.05) is 5.73 Å². The van der Waals surface area contributed by atoms with Crippen molar-refractivity contribution in [3.8, 4) is 11.8 Å². The van der Waals surface area contributed by atoms with E-state index in [1.165, 1.54) is 4.68 Å². The number of anilines is 1. The minimum absolute atomic E-state index is 0.0894. The molecule has 0 aliphatic carbocycles. The van der Waals surface area contributed by atoms with Gasteiger partial charge in [-0.2, -0.15) is 10.4 Å². The lowest BCUT2D eigenvalue weighted by Crippen LogP contribution is -2.05. The summed E-state index contributed by atoms with van der Waals surface area (Å²) in [6.45, 7) is 0. The summed E-state index contributed by atoms with van der Waals surface area (Å²) in [6, 6.07) is 19.9. The fourth-order valence-corrected chi connectivity index (χ4v) is 2.19. The summed E-state index contributed by atoms with van der Waals surface area (Å²) in [5.74, 6) is -0.302. The lowest BCUT2D eigenvalue weighted by atomic mass is 10.1. The van der Waals surface area contributed by atoms with Gasteiger partial charge in [-0.3, -0.25) is 4.79 Å². The summed E-state index contributed by atoms with van der Waals surface area (Å²) in [5, 5.41) is 13.6. The molecule has 1 aromatic heterocycles. The Balaban J connectivity index is 2.14. The van der Waals surface area contributed by atoms with E-state index in [1.807, 2.05) is 30.3 Å². The summed E-state index contributed by atoms with van der Waals surface area (Å²) in [5.41, 5.74) is 7.47. The highest BCUT2D eigenvalue weighted by atomic mass is 16.1. The molecule has 2 N–H and O–H groups in total. The predicted octanol–water partition coefficient (Wildman–Crippen LogP) is 2.56. The summed E-state index contributed by atoms with van der Waals surface area (Å²) in [6.07, 6.45) is 0. The Bertz CT molecular complexity index is 861. The van der Waals surface area contributed by atoms with Crippen LogP contribution >= 0.6 is 0 Å². The Hall–Kier alpha value is -3.39. The van der Waals surface area contributed by atoms with Crippen molar-refractivity contribution in [3.63, 3.8) is 0 Å². The smallest absolute Gasteiger partial charge is 0.215 e. The molecule has 106 valence electrons. The van der Waals surface area contributed by atoms with Gasteiger partial charge in [-0.25, -0.2) is 4.68 Å². The minimum atomic E-state index is -0.302. The van der Waals surface area contributed by atoms with Gasteiger partial charge >= 0.3 is 0 Å². The number of rotatable bonds is 3. The molecule has 0 amide bonds. The van der Waals surface area contributed by atoms with Crippen LogP contribution in [0.25, 0.3) is 5.69 Å². The van der Waals surface area contributed by atoms with Crippen molar-refractivity contribution in [1.29, 1.82) is 5.26 Å². The fourth-order valence-electron chi connectivity index (χ4n) is 2.19. The number of hydrogen-bond acceptors (Lipinski definition) is 4. The van der Waals surface area contributed by atoms with Crippen LogP contribution in [0.2, 0.25) is 0 Å². The van der Waals surface area contributed by atoms with Crippen LogP contribution in [0.1, 0.15) is 21.7 Å². The maximum absolute atomic E-state index is 12.5. The zero-order valence-electron chi connectivity index (χ0n) is 11.6. The average Bonchev–Trinajstić information content (AvgIpc) is 2.92. The van der Waals surface area contributed by atoms with E-state index < -0.39 is 0 Å². The molecule has 2 aromatic carbocycles. The number of carbonyl (C=O) groups excluding carboxylic acids is 1. The number of nitriles is 1. The Kier molecular flexibility index (Phi) is 3.42. The van der Waals surface area contributed by atoms with E-state index in [0.29, 0.717) is 11.3 Å². The number of ketones is 1. The molecule has 0 radical (unpaired) electrons. The minimum Gasteiger partial charge on any atom is -0.394 e. The first-order valence-corrected chi connectivity index (χ1v) is 6.66. The molecule has 0 saturated carbocycles. The van der Waals surface area contributed by atoms with Crippen LogP contribution in [0, 0.1) is 11.3 Å². The molecule has 0 atom stereocenters. The maximum Gasteiger partial charge on any atom is 0.215 e. The van der Waals surface area contributed by atoms with Gasteiger partial charge in [-0.1, -0.05) is 48.5 Å². The number of nitrogen functional groups attached to an aromatic ring is 1. The Morgan fingerprint density at radius 1 is 1.05 bits per heavy atom. The van der Waals surface area contributed by atoms with E-state index in [4.69, 9.17) is 5.73 Å². The molecular formula is C17H12N4O. The number of nitrogens with zero attached hydrogens (tertiary/aromatic N) is 3. The van der Waals surface area contributed by atoms with Crippen molar-refractivity contribution in [2.24, 2.45) is 0 Å². The molecule has 22 heavy (non-hydrogen) atoms. The third-order valence-corrected chi connectivity index (χ3v) is 3.28. The molecule has 5 heteroatoms. The van der Waals surface area contributed by atoms with Crippen molar-refractivity contribution in [2.45, 2.75) is 0 Å². The lowest BCUT2D eigenvalue weighted by molar-refractivity contribution is 0.103. The van der Waals surface area contributed by atoms with Crippen LogP contribution in [0.3, 0.4) is 0 Å². The van der Waals surface area contributed by atoms with Gasteiger partial charge in [-0.05, 0) is 12.1 Å². The normalized spacial score (nSPS) is 10.1. The zero-order valence-corrected chi connectivity index (χ0v) is 11.6. The standard InChI is InChI=1S/C17H12N4O/c18-11-14-15(19)16(17(22)12-7-3-1-4-8-12)20-21(14)13-9-5-2-6-10-13/h1-10H,19H2. The van der Waals surface area contributed by atoms with Gasteiger partial charge in [-0.15, -0.1) is 0 Å². The zero-order chi connectivity index (χ0) is 15.5. The number of benzene rings is 2. The largest absolute Gasteiger partial charge is 0.394 e. The highest BCUT2D eigenvalue weighted by Crippen LogP contribution is 2.22. The predicted molar refractivity (Wildman–Crippen MR) is 82.6 cm³/mol. The molecule has 0 aliphatic rings. The third kappa shape index (κ3) is 2.23. The van der Waals surface area contributed by atoms with Crippen molar-refractivity contribution >= 4 is 11.5 Å². The molecular weight excluding hydrogens is 276 g/mol. The fraction of sp³-hybridized carbons (Fsp3) is 0. The molecule has 3 rings (SSSR count). The van der Waals surface area contributed by atoms with E-state index >= 15 is 0 Å². The number of hydrogen-bond donors (Lipinski definition) is 1. The van der Waals surface area contributed by atoms with Gasteiger partial charge < -0.3 is 5.73 Å². The first-order chi connectivity index (χ1) is 10.7. The molecule has 0 aliphatic heterocycles. The Morgan fingerprint density at radius 2 is 1.64 bits per heavy atom. The van der Waals surface area contributed by atoms with E-state index in [-0.39, 0.29) is 22.9 Å². The van der Waals surface area contributed by atoms with Crippen molar-refractivity contribution < 1.29 is 4.79 Å². The van der Waals surface area contributed by atoms with Crippen LogP contribution in [0.15, 0.2) is 60.7 Å². The van der Waals surface area contributed by atoms with E-state index in [1.54, 1.807) is 36.4 Å². The Morgan fingerprint density at radius 3 is 2.23 bits per heavy atom. The van der Waals surface area contributed by atoms with E-state index in [2.05, 4.69) is 5.10 Å². The second-order valence-electron chi connectivity index (χ2n) is 4.67. The first kappa shape index (κ1) is 13.6. The number of para-hydroxylation sites is 1. The van der Waals surface area contributed by atoms with Gasteiger partial charge in [0.2, 0.25) is 5.78 Å². The van der Waals surface area contributed by atoms with Gasteiger partial charge in [0.05, 0.1) is 5.69 Å². The molecule has 0 unspecified atom stereocenters. The summed E-state index contributed by atoms with van der Waals surface area (Å²) >= 11 is 0. The van der Waals surface area contributed by atoms with Crippen LogP contribution in [0.5, 0.6) is 0 Å². The van der Waals surface area contributed by atoms with Crippen LogP contribution < -0.4 is 5.73 Å². The van der Waals surface area contributed by atoms with Gasteiger partial charge in [0, 0.05) is 5.56 Å². The van der Waals surface area contributed by atoms with Crippen LogP contribution in [-0.2, 0) is 0 Å². The van der Waals surface area contributed by atoms with Gasteiger partial charge in [0.1, 0.15) is 11.8 Å². The first-order valence-electron chi connectivity index (χ1n) is 6.66. The van der Waals surface area contributed by atoms with Crippen molar-refractivity contribution in [3.05, 3.63) is 77.6 Å². The van der Waals surface area contributed by atoms with Gasteiger partial charge in [0.15, 0.2) is 11.4 Å². The maximum atomic E-state index is 12.5. The molecule has 0 bridgehead atoms. The average molecular weight is 288 g/mol. The van der Waals surface area contributed by atoms with E-state index in [9.17, 15) is 10.1 Å². The Labute approximate surface area is 127 Å². The topological polar surface area (TPSA) is 84.7 Å². The molecule has 0 spiro atoms. The molecule has 0 saturated heterocycles. The lowest BCUT2D eigenvalue weighted by Gasteiger charge is -2.01. The number of aromatic nitrogens is 2. The second-order valence-corrected chi connectivity index (χ2v) is 4.67. The number of nitrogens with two attached hydrogens (primary N) is 1. The molecule has 5 nitrogen and oxygen atoms in total. The van der Waals surface area contributed by atoms with Crippen LogP contribution in [0.4, 0.5) is 5.69 Å².